The fourth-order valence-electron chi connectivity index (χ4n) is 3.46. The van der Waals surface area contributed by atoms with Gasteiger partial charge in [-0.25, -0.2) is 4.39 Å². The van der Waals surface area contributed by atoms with Gasteiger partial charge in [0.25, 0.3) is 0 Å². The Bertz CT molecular complexity index is 603. The molecule has 26 heavy (non-hydrogen) atoms. The van der Waals surface area contributed by atoms with Crippen LogP contribution < -0.4 is 5.32 Å². The van der Waals surface area contributed by atoms with Gasteiger partial charge in [-0.2, -0.15) is 0 Å². The van der Waals surface area contributed by atoms with E-state index in [4.69, 9.17) is 21.1 Å². The van der Waals surface area contributed by atoms with Gasteiger partial charge in [-0.1, -0.05) is 17.7 Å². The smallest absolute Gasteiger partial charge is 0.194 e. The highest BCUT2D eigenvalue weighted by atomic mass is 35.5. The van der Waals surface area contributed by atoms with Gasteiger partial charge in [0.2, 0.25) is 0 Å². The van der Waals surface area contributed by atoms with E-state index in [-0.39, 0.29) is 18.0 Å². The molecule has 0 spiro atoms. The Hall–Kier alpha value is -1.37. The molecule has 2 aliphatic heterocycles. The quantitative estimate of drug-likeness (QED) is 0.627. The van der Waals surface area contributed by atoms with E-state index >= 15 is 0 Å². The van der Waals surface area contributed by atoms with E-state index in [1.54, 1.807) is 12.1 Å². The lowest BCUT2D eigenvalue weighted by Crippen LogP contribution is -2.53. The average Bonchev–Trinajstić information content (AvgIpc) is 3.18. The van der Waals surface area contributed by atoms with Crippen LogP contribution in [0.3, 0.4) is 0 Å². The number of benzene rings is 1. The lowest BCUT2D eigenvalue weighted by atomic mass is 10.1. The number of halogens is 2. The van der Waals surface area contributed by atoms with Crippen LogP contribution in [-0.4, -0.2) is 62.5 Å². The third-order valence-electron chi connectivity index (χ3n) is 4.79. The molecule has 2 aliphatic rings. The summed E-state index contributed by atoms with van der Waals surface area (Å²) in [6.07, 6.45) is 2.88. The van der Waals surface area contributed by atoms with Crippen LogP contribution >= 0.6 is 11.6 Å². The number of rotatable bonds is 5. The van der Waals surface area contributed by atoms with Crippen molar-refractivity contribution in [1.82, 2.24) is 10.2 Å². The molecule has 144 valence electrons. The molecule has 1 aromatic rings. The first-order chi connectivity index (χ1) is 12.7. The minimum absolute atomic E-state index is 0.0797. The third kappa shape index (κ3) is 4.87. The van der Waals surface area contributed by atoms with Gasteiger partial charge in [-0.15, -0.1) is 0 Å². The minimum atomic E-state index is -0.275. The first kappa shape index (κ1) is 19.4. The molecule has 0 radical (unpaired) electrons. The standard InChI is InChI=1S/C19H27ClFN3O2/c1-2-22-19(23-9-8-14-15(20)5-3-6-16(14)21)24-10-12-26-18(13-24)17-7-4-11-25-17/h3,5-6,17-18H,2,4,7-13H2,1H3,(H,22,23). The molecule has 3 rings (SSSR count). The highest BCUT2D eigenvalue weighted by molar-refractivity contribution is 6.31. The summed E-state index contributed by atoms with van der Waals surface area (Å²) in [6.45, 7) is 6.33. The van der Waals surface area contributed by atoms with Gasteiger partial charge in [-0.05, 0) is 38.3 Å². The monoisotopic (exact) mass is 383 g/mol. The predicted octanol–water partition coefficient (Wildman–Crippen LogP) is 2.87. The van der Waals surface area contributed by atoms with Crippen LogP contribution in [0, 0.1) is 5.82 Å². The van der Waals surface area contributed by atoms with Gasteiger partial charge in [0.15, 0.2) is 5.96 Å². The van der Waals surface area contributed by atoms with Gasteiger partial charge in [0.05, 0.1) is 12.7 Å². The van der Waals surface area contributed by atoms with Gasteiger partial charge in [0.1, 0.15) is 11.9 Å². The van der Waals surface area contributed by atoms with Crippen molar-refractivity contribution in [3.8, 4) is 0 Å². The predicted molar refractivity (Wildman–Crippen MR) is 101 cm³/mol. The van der Waals surface area contributed by atoms with Crippen LogP contribution in [0.2, 0.25) is 5.02 Å². The van der Waals surface area contributed by atoms with E-state index in [1.165, 1.54) is 6.07 Å². The lowest BCUT2D eigenvalue weighted by molar-refractivity contribution is -0.0817. The zero-order chi connectivity index (χ0) is 18.4. The number of guanidine groups is 1. The first-order valence-electron chi connectivity index (χ1n) is 9.38. The van der Waals surface area contributed by atoms with Gasteiger partial charge in [0, 0.05) is 43.4 Å². The van der Waals surface area contributed by atoms with E-state index in [2.05, 4.69) is 15.2 Å². The summed E-state index contributed by atoms with van der Waals surface area (Å²) in [7, 11) is 0. The maximum absolute atomic E-state index is 13.9. The highest BCUT2D eigenvalue weighted by Crippen LogP contribution is 2.21. The molecule has 0 aromatic heterocycles. The van der Waals surface area contributed by atoms with E-state index in [9.17, 15) is 4.39 Å². The molecule has 1 N–H and O–H groups in total. The SMILES string of the molecule is CCNC(=NCCc1c(F)cccc1Cl)N1CCOC(C2CCCO2)C1. The van der Waals surface area contributed by atoms with Crippen LogP contribution in [0.15, 0.2) is 23.2 Å². The highest BCUT2D eigenvalue weighted by Gasteiger charge is 2.32. The number of nitrogens with zero attached hydrogens (tertiary/aromatic N) is 2. The molecule has 2 atom stereocenters. The number of nitrogens with one attached hydrogen (secondary N) is 1. The topological polar surface area (TPSA) is 46.1 Å². The summed E-state index contributed by atoms with van der Waals surface area (Å²) in [5, 5.41) is 3.79. The molecule has 0 aliphatic carbocycles. The molecule has 0 amide bonds. The Morgan fingerprint density at radius 2 is 2.19 bits per heavy atom. The summed E-state index contributed by atoms with van der Waals surface area (Å²) >= 11 is 6.10. The van der Waals surface area contributed by atoms with Crippen molar-refractivity contribution in [3.05, 3.63) is 34.6 Å². The van der Waals surface area contributed by atoms with Gasteiger partial charge in [-0.3, -0.25) is 4.99 Å². The molecule has 5 nitrogen and oxygen atoms in total. The molecular formula is C19H27ClFN3O2. The minimum Gasteiger partial charge on any atom is -0.375 e. The molecule has 2 heterocycles. The van der Waals surface area contributed by atoms with E-state index in [0.717, 1.165) is 45.0 Å². The van der Waals surface area contributed by atoms with Crippen LogP contribution in [0.1, 0.15) is 25.3 Å². The summed E-state index contributed by atoms with van der Waals surface area (Å²) < 4.78 is 25.6. The van der Waals surface area contributed by atoms with Crippen LogP contribution in [0.25, 0.3) is 0 Å². The number of hydrogen-bond donors (Lipinski definition) is 1. The molecule has 2 saturated heterocycles. The fraction of sp³-hybridized carbons (Fsp3) is 0.632. The molecular weight excluding hydrogens is 357 g/mol. The van der Waals surface area contributed by atoms with Crippen molar-refractivity contribution in [2.75, 3.05) is 39.4 Å². The number of aliphatic imine (C=N–C) groups is 1. The van der Waals surface area contributed by atoms with Crippen molar-refractivity contribution < 1.29 is 13.9 Å². The molecule has 0 bridgehead atoms. The van der Waals surface area contributed by atoms with E-state index in [1.807, 2.05) is 6.92 Å². The van der Waals surface area contributed by atoms with Crippen molar-refractivity contribution in [2.45, 2.75) is 38.4 Å². The van der Waals surface area contributed by atoms with Crippen LogP contribution in [0.4, 0.5) is 4.39 Å². The Kier molecular flexibility index (Phi) is 7.11. The van der Waals surface area contributed by atoms with E-state index < -0.39 is 0 Å². The maximum atomic E-state index is 13.9. The second kappa shape index (κ2) is 9.53. The summed E-state index contributed by atoms with van der Waals surface area (Å²) in [5.41, 5.74) is 0.521. The Morgan fingerprint density at radius 3 is 2.92 bits per heavy atom. The average molecular weight is 384 g/mol. The Balaban J connectivity index is 1.62. The summed E-state index contributed by atoms with van der Waals surface area (Å²) in [4.78, 5) is 6.90. The normalized spacial score (nSPS) is 24.1. The Labute approximate surface area is 159 Å². The summed E-state index contributed by atoms with van der Waals surface area (Å²) in [5.74, 6) is 0.564. The number of ether oxygens (including phenoxy) is 2. The van der Waals surface area contributed by atoms with Gasteiger partial charge >= 0.3 is 0 Å². The molecule has 7 heteroatoms. The molecule has 2 unspecified atom stereocenters. The largest absolute Gasteiger partial charge is 0.375 e. The first-order valence-corrected chi connectivity index (χ1v) is 9.76. The Morgan fingerprint density at radius 1 is 1.35 bits per heavy atom. The second-order valence-corrected chi connectivity index (χ2v) is 7.00. The fourth-order valence-corrected chi connectivity index (χ4v) is 3.72. The van der Waals surface area contributed by atoms with Crippen molar-refractivity contribution >= 4 is 17.6 Å². The number of hydrogen-bond acceptors (Lipinski definition) is 3. The number of morpholine rings is 1. The van der Waals surface area contributed by atoms with Crippen molar-refractivity contribution in [3.63, 3.8) is 0 Å². The lowest BCUT2D eigenvalue weighted by Gasteiger charge is -2.37. The zero-order valence-electron chi connectivity index (χ0n) is 15.2. The second-order valence-electron chi connectivity index (χ2n) is 6.59. The molecule has 2 fully saturated rings. The maximum Gasteiger partial charge on any atom is 0.194 e. The van der Waals surface area contributed by atoms with Gasteiger partial charge < -0.3 is 19.7 Å². The summed E-state index contributed by atoms with van der Waals surface area (Å²) in [6, 6.07) is 4.76. The van der Waals surface area contributed by atoms with Crippen molar-refractivity contribution in [1.29, 1.82) is 0 Å². The zero-order valence-corrected chi connectivity index (χ0v) is 16.0. The third-order valence-corrected chi connectivity index (χ3v) is 5.15. The molecule has 0 saturated carbocycles. The van der Waals surface area contributed by atoms with Crippen LogP contribution in [-0.2, 0) is 15.9 Å². The van der Waals surface area contributed by atoms with E-state index in [0.29, 0.717) is 30.2 Å². The van der Waals surface area contributed by atoms with Crippen LogP contribution in [0.5, 0.6) is 0 Å². The van der Waals surface area contributed by atoms with Crippen molar-refractivity contribution in [2.24, 2.45) is 4.99 Å². The molecule has 1 aromatic carbocycles.